The van der Waals surface area contributed by atoms with Crippen molar-refractivity contribution in [2.75, 3.05) is 13.7 Å². The Bertz CT molecular complexity index is 892. The van der Waals surface area contributed by atoms with Gasteiger partial charge in [-0.1, -0.05) is 37.0 Å². The second-order valence-electron chi connectivity index (χ2n) is 6.96. The molecule has 1 heterocycles. The van der Waals surface area contributed by atoms with Crippen LogP contribution in [-0.4, -0.2) is 29.4 Å². The van der Waals surface area contributed by atoms with E-state index in [1.807, 2.05) is 13.8 Å². The zero-order valence-corrected chi connectivity index (χ0v) is 18.9. The highest BCUT2D eigenvalue weighted by atomic mass is 35.5. The number of methoxy groups -OCH3 is 1. The maximum Gasteiger partial charge on any atom is 0.244 e. The molecule has 158 valence electrons. The van der Waals surface area contributed by atoms with Gasteiger partial charge in [0.1, 0.15) is 5.15 Å². The van der Waals surface area contributed by atoms with E-state index in [1.165, 1.54) is 6.08 Å². The summed E-state index contributed by atoms with van der Waals surface area (Å²) in [6.07, 6.45) is 3.13. The zero-order chi connectivity index (χ0) is 21.6. The minimum Gasteiger partial charge on any atom is -0.493 e. The Kier molecular flexibility index (Phi) is 8.41. The number of aryl methyl sites for hydroxylation is 1. The number of aromatic nitrogens is 2. The van der Waals surface area contributed by atoms with Gasteiger partial charge in [0.2, 0.25) is 5.91 Å². The third-order valence-corrected chi connectivity index (χ3v) is 4.77. The van der Waals surface area contributed by atoms with Crippen molar-refractivity contribution in [2.24, 2.45) is 5.92 Å². The lowest BCUT2D eigenvalue weighted by molar-refractivity contribution is -0.116. The van der Waals surface area contributed by atoms with Crippen molar-refractivity contribution in [1.29, 1.82) is 0 Å². The number of amides is 1. The lowest BCUT2D eigenvalue weighted by Crippen LogP contribution is -2.20. The topological polar surface area (TPSA) is 65.4 Å². The van der Waals surface area contributed by atoms with Crippen molar-refractivity contribution in [1.82, 2.24) is 15.1 Å². The molecule has 0 saturated carbocycles. The van der Waals surface area contributed by atoms with Crippen LogP contribution < -0.4 is 14.8 Å². The lowest BCUT2D eigenvalue weighted by Gasteiger charge is -2.13. The van der Waals surface area contributed by atoms with Crippen molar-refractivity contribution in [3.63, 3.8) is 0 Å². The third-order valence-electron chi connectivity index (χ3n) is 4.09. The normalized spacial score (nSPS) is 11.3. The molecule has 1 amide bonds. The van der Waals surface area contributed by atoms with E-state index in [0.717, 1.165) is 23.4 Å². The summed E-state index contributed by atoms with van der Waals surface area (Å²) in [5.41, 5.74) is 2.33. The molecule has 0 saturated heterocycles. The average Bonchev–Trinajstić information content (AvgIpc) is 2.92. The van der Waals surface area contributed by atoms with Gasteiger partial charge < -0.3 is 14.8 Å². The highest BCUT2D eigenvalue weighted by molar-refractivity contribution is 6.32. The molecule has 0 unspecified atom stereocenters. The van der Waals surface area contributed by atoms with Gasteiger partial charge in [-0.05, 0) is 43.5 Å². The van der Waals surface area contributed by atoms with E-state index in [-0.39, 0.29) is 5.91 Å². The Morgan fingerprint density at radius 3 is 2.69 bits per heavy atom. The molecule has 1 N–H and O–H groups in total. The van der Waals surface area contributed by atoms with Crippen LogP contribution in [0.5, 0.6) is 11.5 Å². The molecule has 1 aromatic heterocycles. The van der Waals surface area contributed by atoms with Crippen molar-refractivity contribution in [3.05, 3.63) is 45.2 Å². The average molecular weight is 440 g/mol. The van der Waals surface area contributed by atoms with Crippen molar-refractivity contribution in [3.8, 4) is 11.5 Å². The van der Waals surface area contributed by atoms with Crippen LogP contribution in [0.25, 0.3) is 6.08 Å². The quantitative estimate of drug-likeness (QED) is 0.564. The summed E-state index contributed by atoms with van der Waals surface area (Å²) in [5.74, 6) is 1.19. The zero-order valence-electron chi connectivity index (χ0n) is 17.4. The fourth-order valence-corrected chi connectivity index (χ4v) is 3.38. The smallest absolute Gasteiger partial charge is 0.244 e. The van der Waals surface area contributed by atoms with Gasteiger partial charge >= 0.3 is 0 Å². The Hall–Kier alpha value is -2.18. The van der Waals surface area contributed by atoms with E-state index in [9.17, 15) is 4.79 Å². The molecule has 29 heavy (non-hydrogen) atoms. The highest BCUT2D eigenvalue weighted by Gasteiger charge is 2.13. The maximum atomic E-state index is 12.2. The second kappa shape index (κ2) is 10.6. The molecule has 0 aliphatic carbocycles. The number of hydrogen-bond acceptors (Lipinski definition) is 4. The first-order valence-corrected chi connectivity index (χ1v) is 10.2. The molecule has 8 heteroatoms. The Morgan fingerprint density at radius 1 is 1.34 bits per heavy atom. The monoisotopic (exact) mass is 439 g/mol. The van der Waals surface area contributed by atoms with Gasteiger partial charge in [-0.25, -0.2) is 0 Å². The van der Waals surface area contributed by atoms with E-state index >= 15 is 0 Å². The first-order valence-electron chi connectivity index (χ1n) is 9.44. The van der Waals surface area contributed by atoms with Gasteiger partial charge in [0.05, 0.1) is 24.4 Å². The van der Waals surface area contributed by atoms with Crippen LogP contribution in [0.1, 0.15) is 37.6 Å². The van der Waals surface area contributed by atoms with Crippen LogP contribution >= 0.6 is 23.2 Å². The largest absolute Gasteiger partial charge is 0.493 e. The van der Waals surface area contributed by atoms with Gasteiger partial charge in [0.15, 0.2) is 11.5 Å². The second-order valence-corrected chi connectivity index (χ2v) is 7.72. The van der Waals surface area contributed by atoms with E-state index in [2.05, 4.69) is 24.3 Å². The van der Waals surface area contributed by atoms with Crippen LogP contribution in [0.15, 0.2) is 18.2 Å². The van der Waals surface area contributed by atoms with Crippen molar-refractivity contribution in [2.45, 2.75) is 40.8 Å². The molecule has 0 atom stereocenters. The first kappa shape index (κ1) is 23.1. The number of nitrogens with one attached hydrogen (secondary N) is 1. The van der Waals surface area contributed by atoms with Gasteiger partial charge in [-0.2, -0.15) is 5.10 Å². The SMILES string of the molecule is CCOc1c(Cl)cc(CNC(=O)/C=C/c2c(C)nn(CC(C)C)c2Cl)cc1OC. The Morgan fingerprint density at radius 2 is 2.07 bits per heavy atom. The molecule has 2 rings (SSSR count). The fraction of sp³-hybridized carbons (Fsp3) is 0.429. The standard InChI is InChI=1S/C21H27Cl2N3O3/c1-6-29-20-17(22)9-15(10-18(20)28-5)11-24-19(27)8-7-16-14(4)25-26(21(16)23)12-13(2)3/h7-10,13H,6,11-12H2,1-5H3,(H,24,27)/b8-7+. The molecule has 6 nitrogen and oxygen atoms in total. The van der Waals surface area contributed by atoms with Crippen LogP contribution in [0.2, 0.25) is 10.2 Å². The number of carbonyl (C=O) groups excluding carboxylic acids is 1. The fourth-order valence-electron chi connectivity index (χ4n) is 2.79. The summed E-state index contributed by atoms with van der Waals surface area (Å²) >= 11 is 12.7. The van der Waals surface area contributed by atoms with E-state index < -0.39 is 0 Å². The van der Waals surface area contributed by atoms with Crippen LogP contribution in [-0.2, 0) is 17.9 Å². The molecule has 0 radical (unpaired) electrons. The molecule has 0 aliphatic heterocycles. The Balaban J connectivity index is 2.05. The highest BCUT2D eigenvalue weighted by Crippen LogP contribution is 2.36. The summed E-state index contributed by atoms with van der Waals surface area (Å²) in [5, 5.41) is 8.23. The van der Waals surface area contributed by atoms with Crippen LogP contribution in [0.4, 0.5) is 0 Å². The van der Waals surface area contributed by atoms with E-state index in [4.69, 9.17) is 32.7 Å². The predicted molar refractivity (Wildman–Crippen MR) is 117 cm³/mol. The van der Waals surface area contributed by atoms with Gasteiger partial charge in [-0.15, -0.1) is 0 Å². The molecule has 0 aliphatic rings. The minimum absolute atomic E-state index is 0.249. The number of carbonyl (C=O) groups is 1. The van der Waals surface area contributed by atoms with Crippen LogP contribution in [0, 0.1) is 12.8 Å². The van der Waals surface area contributed by atoms with E-state index in [0.29, 0.717) is 40.7 Å². The third kappa shape index (κ3) is 6.15. The molecule has 0 fully saturated rings. The summed E-state index contributed by atoms with van der Waals surface area (Å²) in [6.45, 7) is 9.43. The van der Waals surface area contributed by atoms with Gasteiger partial charge in [0.25, 0.3) is 0 Å². The molecule has 2 aromatic rings. The van der Waals surface area contributed by atoms with Crippen molar-refractivity contribution < 1.29 is 14.3 Å². The number of nitrogens with zero attached hydrogens (tertiary/aromatic N) is 2. The number of halogens is 2. The lowest BCUT2D eigenvalue weighted by atomic mass is 10.2. The Labute approximate surface area is 181 Å². The molecule has 0 bridgehead atoms. The number of hydrogen-bond donors (Lipinski definition) is 1. The predicted octanol–water partition coefficient (Wildman–Crippen LogP) is 4.89. The molecular formula is C21H27Cl2N3O3. The minimum atomic E-state index is -0.249. The van der Waals surface area contributed by atoms with Gasteiger partial charge in [-0.3, -0.25) is 9.48 Å². The number of rotatable bonds is 9. The first-order chi connectivity index (χ1) is 13.8. The summed E-state index contributed by atoms with van der Waals surface area (Å²) in [6, 6.07) is 3.54. The molecule has 1 aromatic carbocycles. The van der Waals surface area contributed by atoms with Crippen LogP contribution in [0.3, 0.4) is 0 Å². The summed E-state index contributed by atoms with van der Waals surface area (Å²) in [4.78, 5) is 12.2. The molecular weight excluding hydrogens is 413 g/mol. The molecule has 0 spiro atoms. The van der Waals surface area contributed by atoms with Crippen molar-refractivity contribution >= 4 is 35.2 Å². The summed E-state index contributed by atoms with van der Waals surface area (Å²) in [7, 11) is 1.55. The number of ether oxygens (including phenoxy) is 2. The summed E-state index contributed by atoms with van der Waals surface area (Å²) < 4.78 is 12.6. The maximum absolute atomic E-state index is 12.2. The van der Waals surface area contributed by atoms with E-state index in [1.54, 1.807) is 30.0 Å². The number of benzene rings is 1. The van der Waals surface area contributed by atoms with Gasteiger partial charge in [0, 0.05) is 24.7 Å².